The minimum absolute atomic E-state index is 0.581. The van der Waals surface area contributed by atoms with Crippen molar-refractivity contribution in [1.82, 2.24) is 0 Å². The van der Waals surface area contributed by atoms with Crippen molar-refractivity contribution in [2.24, 2.45) is 0 Å². The summed E-state index contributed by atoms with van der Waals surface area (Å²) in [5, 5.41) is 10.9. The molecule has 0 aromatic heterocycles. The lowest BCUT2D eigenvalue weighted by molar-refractivity contribution is -0.0372. The molecule has 0 bridgehead atoms. The van der Waals surface area contributed by atoms with E-state index in [9.17, 15) is 8.78 Å². The number of aliphatic hydroxyl groups is 1. The predicted octanol–water partition coefficient (Wildman–Crippen LogP) is 1.91. The molecule has 0 aliphatic heterocycles. The van der Waals surface area contributed by atoms with Crippen molar-refractivity contribution in [3.63, 3.8) is 0 Å². The third-order valence-electron chi connectivity index (χ3n) is 1.76. The van der Waals surface area contributed by atoms with Crippen molar-refractivity contribution in [3.05, 3.63) is 21.8 Å². The van der Waals surface area contributed by atoms with E-state index in [2.05, 4.69) is 5.32 Å². The zero-order valence-electron chi connectivity index (χ0n) is 7.80. The van der Waals surface area contributed by atoms with Gasteiger partial charge in [0.15, 0.2) is 0 Å². The molecule has 1 aromatic carbocycles. The first-order chi connectivity index (χ1) is 6.94. The zero-order valence-corrected chi connectivity index (χ0v) is 9.96. The molecular formula is C9H11F2IN2O. The van der Waals surface area contributed by atoms with E-state index in [0.717, 1.165) is 3.57 Å². The minimum atomic E-state index is -3.11. The summed E-state index contributed by atoms with van der Waals surface area (Å²) in [6, 6.07) is 4.94. The molecule has 0 aliphatic rings. The molecule has 3 nitrogen and oxygen atoms in total. The molecule has 0 unspecified atom stereocenters. The van der Waals surface area contributed by atoms with Crippen LogP contribution in [0.25, 0.3) is 0 Å². The van der Waals surface area contributed by atoms with Crippen LogP contribution >= 0.6 is 22.6 Å². The number of halogens is 3. The number of aliphatic hydroxyl groups excluding tert-OH is 1. The van der Waals surface area contributed by atoms with Crippen LogP contribution in [0.2, 0.25) is 0 Å². The van der Waals surface area contributed by atoms with Gasteiger partial charge in [0, 0.05) is 14.9 Å². The largest absolute Gasteiger partial charge is 0.399 e. The van der Waals surface area contributed by atoms with Crippen molar-refractivity contribution in [3.8, 4) is 0 Å². The van der Waals surface area contributed by atoms with Gasteiger partial charge in [-0.05, 0) is 40.8 Å². The average molecular weight is 328 g/mol. The highest BCUT2D eigenvalue weighted by Gasteiger charge is 2.27. The fraction of sp³-hybridized carbons (Fsp3) is 0.333. The highest BCUT2D eigenvalue weighted by Crippen LogP contribution is 2.22. The van der Waals surface area contributed by atoms with Gasteiger partial charge in [0.1, 0.15) is 6.61 Å². The maximum Gasteiger partial charge on any atom is 0.287 e. The summed E-state index contributed by atoms with van der Waals surface area (Å²) in [5.41, 5.74) is 6.68. The molecule has 0 saturated heterocycles. The zero-order chi connectivity index (χ0) is 11.5. The van der Waals surface area contributed by atoms with Gasteiger partial charge >= 0.3 is 0 Å². The first kappa shape index (κ1) is 12.4. The number of hydrogen-bond donors (Lipinski definition) is 3. The molecule has 15 heavy (non-hydrogen) atoms. The number of rotatable bonds is 4. The molecule has 84 valence electrons. The second-order valence-corrected chi connectivity index (χ2v) is 4.27. The van der Waals surface area contributed by atoms with E-state index in [0.29, 0.717) is 11.4 Å². The Morgan fingerprint density at radius 2 is 2.13 bits per heavy atom. The summed E-state index contributed by atoms with van der Waals surface area (Å²) in [4.78, 5) is 0. The van der Waals surface area contributed by atoms with Crippen molar-refractivity contribution in [2.45, 2.75) is 5.92 Å². The number of benzene rings is 1. The van der Waals surface area contributed by atoms with Crippen molar-refractivity contribution in [2.75, 3.05) is 24.2 Å². The standard InChI is InChI=1S/C9H11F2IN2O/c10-9(11,5-15)4-14-8-2-1-6(13)3-7(8)12/h1-3,14-15H,4-5,13H2. The molecule has 1 aromatic rings. The Hall–Kier alpha value is -0.630. The number of alkyl halides is 2. The second-order valence-electron chi connectivity index (χ2n) is 3.11. The number of nitrogens with one attached hydrogen (secondary N) is 1. The van der Waals surface area contributed by atoms with Crippen molar-refractivity contribution >= 4 is 34.0 Å². The molecule has 4 N–H and O–H groups in total. The number of nitrogen functional groups attached to an aromatic ring is 1. The lowest BCUT2D eigenvalue weighted by Gasteiger charge is -2.15. The maximum atomic E-state index is 12.7. The monoisotopic (exact) mass is 328 g/mol. The average Bonchev–Trinajstić information content (AvgIpc) is 2.16. The maximum absolute atomic E-state index is 12.7. The third-order valence-corrected chi connectivity index (χ3v) is 2.65. The first-order valence-corrected chi connectivity index (χ1v) is 5.30. The Bertz CT molecular complexity index is 347. The van der Waals surface area contributed by atoms with Crippen LogP contribution in [0.15, 0.2) is 18.2 Å². The van der Waals surface area contributed by atoms with Gasteiger partial charge in [-0.3, -0.25) is 0 Å². The number of anilines is 2. The van der Waals surface area contributed by atoms with Crippen molar-refractivity contribution < 1.29 is 13.9 Å². The van der Waals surface area contributed by atoms with Gasteiger partial charge in [0.2, 0.25) is 0 Å². The molecule has 0 spiro atoms. The van der Waals surface area contributed by atoms with E-state index in [4.69, 9.17) is 10.8 Å². The number of nitrogens with two attached hydrogens (primary N) is 1. The molecule has 0 fully saturated rings. The fourth-order valence-electron chi connectivity index (χ4n) is 0.955. The number of hydrogen-bond acceptors (Lipinski definition) is 3. The van der Waals surface area contributed by atoms with E-state index in [1.54, 1.807) is 18.2 Å². The van der Waals surface area contributed by atoms with Crippen LogP contribution in [-0.2, 0) is 0 Å². The van der Waals surface area contributed by atoms with E-state index in [1.165, 1.54) is 0 Å². The Kier molecular flexibility index (Phi) is 4.09. The Labute approximate surface area is 99.8 Å². The van der Waals surface area contributed by atoms with Crippen LogP contribution in [0.4, 0.5) is 20.2 Å². The van der Waals surface area contributed by atoms with E-state index in [-0.39, 0.29) is 0 Å². The Morgan fingerprint density at radius 1 is 1.47 bits per heavy atom. The quantitative estimate of drug-likeness (QED) is 0.585. The van der Waals surface area contributed by atoms with Crippen LogP contribution in [0.1, 0.15) is 0 Å². The molecule has 0 radical (unpaired) electrons. The van der Waals surface area contributed by atoms with E-state index in [1.807, 2.05) is 22.6 Å². The summed E-state index contributed by atoms with van der Waals surface area (Å²) in [7, 11) is 0. The van der Waals surface area contributed by atoms with Gasteiger partial charge in [-0.1, -0.05) is 0 Å². The molecular weight excluding hydrogens is 317 g/mol. The summed E-state index contributed by atoms with van der Waals surface area (Å²) in [6.45, 7) is -1.75. The highest BCUT2D eigenvalue weighted by molar-refractivity contribution is 14.1. The molecule has 0 amide bonds. The summed E-state index contributed by atoms with van der Waals surface area (Å²) in [6.07, 6.45) is 0. The molecule has 1 rings (SSSR count). The Morgan fingerprint density at radius 3 is 2.67 bits per heavy atom. The van der Waals surface area contributed by atoms with Crippen LogP contribution in [-0.4, -0.2) is 24.2 Å². The summed E-state index contributed by atoms with van der Waals surface area (Å²) >= 11 is 2.00. The SMILES string of the molecule is Nc1ccc(NCC(F)(F)CO)c(I)c1. The van der Waals surface area contributed by atoms with Gasteiger partial charge in [-0.25, -0.2) is 8.78 Å². The fourth-order valence-corrected chi connectivity index (χ4v) is 1.69. The van der Waals surface area contributed by atoms with E-state index < -0.39 is 19.1 Å². The van der Waals surface area contributed by atoms with Crippen LogP contribution in [0.3, 0.4) is 0 Å². The molecule has 6 heteroatoms. The molecule has 0 saturated carbocycles. The highest BCUT2D eigenvalue weighted by atomic mass is 127. The topological polar surface area (TPSA) is 58.3 Å². The van der Waals surface area contributed by atoms with Gasteiger partial charge in [0.25, 0.3) is 5.92 Å². The molecule has 0 aliphatic carbocycles. The molecule has 0 atom stereocenters. The van der Waals surface area contributed by atoms with Gasteiger partial charge < -0.3 is 16.2 Å². The lowest BCUT2D eigenvalue weighted by atomic mass is 10.2. The second kappa shape index (κ2) is 4.93. The lowest BCUT2D eigenvalue weighted by Crippen LogP contribution is -2.31. The van der Waals surface area contributed by atoms with Crippen molar-refractivity contribution in [1.29, 1.82) is 0 Å². The first-order valence-electron chi connectivity index (χ1n) is 4.22. The normalized spacial score (nSPS) is 11.5. The third kappa shape index (κ3) is 3.78. The van der Waals surface area contributed by atoms with Gasteiger partial charge in [0.05, 0.1) is 6.54 Å². The van der Waals surface area contributed by atoms with Gasteiger partial charge in [-0.15, -0.1) is 0 Å². The van der Waals surface area contributed by atoms with E-state index >= 15 is 0 Å². The smallest absolute Gasteiger partial charge is 0.287 e. The molecule has 0 heterocycles. The van der Waals surface area contributed by atoms with Crippen LogP contribution in [0, 0.1) is 3.57 Å². The van der Waals surface area contributed by atoms with Gasteiger partial charge in [-0.2, -0.15) is 0 Å². The minimum Gasteiger partial charge on any atom is -0.399 e. The van der Waals surface area contributed by atoms with Crippen LogP contribution in [0.5, 0.6) is 0 Å². The van der Waals surface area contributed by atoms with Crippen LogP contribution < -0.4 is 11.1 Å². The predicted molar refractivity (Wildman–Crippen MR) is 64.1 cm³/mol. The summed E-state index contributed by atoms with van der Waals surface area (Å²) < 4.78 is 26.2. The Balaban J connectivity index is 2.66. The summed E-state index contributed by atoms with van der Waals surface area (Å²) in [5.74, 6) is -3.11.